The zero-order valence-electron chi connectivity index (χ0n) is 15.6. The lowest BCUT2D eigenvalue weighted by molar-refractivity contribution is 0.187. The number of nitrogens with one attached hydrogen (secondary N) is 2. The standard InChI is InChI=1S/C20H26FN3O2.HI/c1-3-22-20(23-12-13-26-18-10-4-15(2)5-11-18)24-14-19(25)16-6-8-17(21)9-7-16;/h4-11,19,25H,3,12-14H2,1-2H3,(H2,22,23,24);1H. The van der Waals surface area contributed by atoms with Crippen molar-refractivity contribution in [2.45, 2.75) is 20.0 Å². The number of hydrogen-bond acceptors (Lipinski definition) is 3. The van der Waals surface area contributed by atoms with E-state index >= 15 is 0 Å². The van der Waals surface area contributed by atoms with Crippen LogP contribution in [0.5, 0.6) is 5.75 Å². The summed E-state index contributed by atoms with van der Waals surface area (Å²) < 4.78 is 18.6. The maximum absolute atomic E-state index is 12.9. The van der Waals surface area contributed by atoms with E-state index in [1.807, 2.05) is 38.1 Å². The van der Waals surface area contributed by atoms with Gasteiger partial charge in [-0.3, -0.25) is 4.99 Å². The Morgan fingerprint density at radius 2 is 1.78 bits per heavy atom. The van der Waals surface area contributed by atoms with E-state index < -0.39 is 6.10 Å². The maximum atomic E-state index is 12.9. The van der Waals surface area contributed by atoms with Gasteiger partial charge in [-0.1, -0.05) is 29.8 Å². The Bertz CT molecular complexity index is 693. The van der Waals surface area contributed by atoms with Gasteiger partial charge in [-0.2, -0.15) is 0 Å². The molecule has 27 heavy (non-hydrogen) atoms. The second-order valence-corrected chi connectivity index (χ2v) is 5.88. The van der Waals surface area contributed by atoms with Crippen LogP contribution in [0.3, 0.4) is 0 Å². The summed E-state index contributed by atoms with van der Waals surface area (Å²) in [5.41, 5.74) is 1.82. The van der Waals surface area contributed by atoms with Crippen LogP contribution in [-0.2, 0) is 0 Å². The predicted octanol–water partition coefficient (Wildman–Crippen LogP) is 3.42. The molecule has 0 aromatic heterocycles. The summed E-state index contributed by atoms with van der Waals surface area (Å²) >= 11 is 0. The number of benzene rings is 2. The first-order chi connectivity index (χ1) is 12.6. The van der Waals surface area contributed by atoms with Crippen molar-refractivity contribution in [2.24, 2.45) is 4.99 Å². The van der Waals surface area contributed by atoms with Crippen molar-refractivity contribution < 1.29 is 14.2 Å². The maximum Gasteiger partial charge on any atom is 0.191 e. The van der Waals surface area contributed by atoms with Gasteiger partial charge in [0.05, 0.1) is 19.2 Å². The van der Waals surface area contributed by atoms with Gasteiger partial charge in [0.25, 0.3) is 0 Å². The van der Waals surface area contributed by atoms with E-state index in [4.69, 9.17) is 4.74 Å². The first kappa shape index (κ1) is 23.2. The Hall–Kier alpha value is -1.87. The van der Waals surface area contributed by atoms with Crippen LogP contribution in [0.2, 0.25) is 0 Å². The number of rotatable bonds is 8. The number of hydrogen-bond donors (Lipinski definition) is 3. The molecule has 0 aliphatic rings. The van der Waals surface area contributed by atoms with Gasteiger partial charge in [-0.05, 0) is 43.7 Å². The normalized spacial score (nSPS) is 12.1. The van der Waals surface area contributed by atoms with Gasteiger partial charge in [0.1, 0.15) is 18.2 Å². The van der Waals surface area contributed by atoms with E-state index in [0.717, 1.165) is 5.75 Å². The van der Waals surface area contributed by atoms with Crippen LogP contribution in [0.4, 0.5) is 4.39 Å². The molecule has 0 radical (unpaired) electrons. The molecule has 3 N–H and O–H groups in total. The van der Waals surface area contributed by atoms with E-state index in [1.165, 1.54) is 17.7 Å². The van der Waals surface area contributed by atoms with Crippen LogP contribution in [-0.4, -0.2) is 37.3 Å². The Balaban J connectivity index is 0.00000364. The molecule has 0 bridgehead atoms. The molecule has 0 heterocycles. The van der Waals surface area contributed by atoms with Crippen molar-refractivity contribution in [3.63, 3.8) is 0 Å². The molecule has 0 spiro atoms. The average Bonchev–Trinajstić information content (AvgIpc) is 2.65. The highest BCUT2D eigenvalue weighted by Crippen LogP contribution is 2.13. The SMILES string of the molecule is CCNC(=NCC(O)c1ccc(F)cc1)NCCOc1ccc(C)cc1.I. The first-order valence-corrected chi connectivity index (χ1v) is 8.73. The van der Waals surface area contributed by atoms with Gasteiger partial charge in [-0.15, -0.1) is 24.0 Å². The summed E-state index contributed by atoms with van der Waals surface area (Å²) in [4.78, 5) is 4.36. The summed E-state index contributed by atoms with van der Waals surface area (Å²) in [7, 11) is 0. The third kappa shape index (κ3) is 8.57. The number of guanidine groups is 1. The second kappa shape index (κ2) is 12.5. The van der Waals surface area contributed by atoms with E-state index in [-0.39, 0.29) is 36.3 Å². The van der Waals surface area contributed by atoms with Gasteiger partial charge in [0, 0.05) is 6.54 Å². The zero-order chi connectivity index (χ0) is 18.8. The fraction of sp³-hybridized carbons (Fsp3) is 0.350. The smallest absolute Gasteiger partial charge is 0.191 e. The molecule has 0 fully saturated rings. The van der Waals surface area contributed by atoms with Crippen LogP contribution in [0, 0.1) is 12.7 Å². The third-order valence-corrected chi connectivity index (χ3v) is 3.71. The topological polar surface area (TPSA) is 65.9 Å². The van der Waals surface area contributed by atoms with E-state index in [2.05, 4.69) is 15.6 Å². The Morgan fingerprint density at radius 1 is 1.11 bits per heavy atom. The summed E-state index contributed by atoms with van der Waals surface area (Å²) in [6.45, 7) is 5.96. The highest BCUT2D eigenvalue weighted by Gasteiger charge is 2.07. The molecule has 148 valence electrons. The molecule has 0 saturated heterocycles. The van der Waals surface area contributed by atoms with Crippen LogP contribution >= 0.6 is 24.0 Å². The molecule has 2 rings (SSSR count). The summed E-state index contributed by atoms with van der Waals surface area (Å²) in [6, 6.07) is 13.7. The van der Waals surface area contributed by atoms with Crippen molar-refractivity contribution in [3.05, 3.63) is 65.5 Å². The quantitative estimate of drug-likeness (QED) is 0.231. The number of nitrogens with zero attached hydrogens (tertiary/aromatic N) is 1. The Kier molecular flexibility index (Phi) is 10.7. The Morgan fingerprint density at radius 3 is 2.41 bits per heavy atom. The predicted molar refractivity (Wildman–Crippen MR) is 117 cm³/mol. The summed E-state index contributed by atoms with van der Waals surface area (Å²) in [6.07, 6.45) is -0.783. The van der Waals surface area contributed by atoms with Crippen molar-refractivity contribution in [1.29, 1.82) is 0 Å². The van der Waals surface area contributed by atoms with Gasteiger partial charge in [0.15, 0.2) is 5.96 Å². The fourth-order valence-electron chi connectivity index (χ4n) is 2.28. The third-order valence-electron chi connectivity index (χ3n) is 3.71. The highest BCUT2D eigenvalue weighted by atomic mass is 127. The average molecular weight is 487 g/mol. The molecule has 0 aliphatic carbocycles. The number of aryl methyl sites for hydroxylation is 1. The van der Waals surface area contributed by atoms with Crippen LogP contribution in [0.15, 0.2) is 53.5 Å². The number of halogens is 2. The zero-order valence-corrected chi connectivity index (χ0v) is 17.9. The van der Waals surface area contributed by atoms with Gasteiger partial charge < -0.3 is 20.5 Å². The molecule has 1 unspecified atom stereocenters. The van der Waals surface area contributed by atoms with Crippen molar-refractivity contribution in [3.8, 4) is 5.75 Å². The lowest BCUT2D eigenvalue weighted by Crippen LogP contribution is -2.39. The fourth-order valence-corrected chi connectivity index (χ4v) is 2.28. The minimum Gasteiger partial charge on any atom is -0.492 e. The molecule has 0 saturated carbocycles. The molecule has 0 aliphatic heterocycles. The molecular weight excluding hydrogens is 460 g/mol. The molecule has 2 aromatic carbocycles. The molecule has 5 nitrogen and oxygen atoms in total. The molecule has 1 atom stereocenters. The van der Waals surface area contributed by atoms with Gasteiger partial charge in [-0.25, -0.2) is 4.39 Å². The molecule has 0 amide bonds. The number of aliphatic imine (C=N–C) groups is 1. The van der Waals surface area contributed by atoms with Crippen LogP contribution in [0.1, 0.15) is 24.2 Å². The van der Waals surface area contributed by atoms with E-state index in [9.17, 15) is 9.50 Å². The summed E-state index contributed by atoms with van der Waals surface area (Å²) in [5, 5.41) is 16.4. The number of ether oxygens (including phenoxy) is 1. The van der Waals surface area contributed by atoms with Crippen LogP contribution in [0.25, 0.3) is 0 Å². The monoisotopic (exact) mass is 487 g/mol. The Labute approximate surface area is 177 Å². The van der Waals surface area contributed by atoms with Gasteiger partial charge in [0.2, 0.25) is 0 Å². The second-order valence-electron chi connectivity index (χ2n) is 5.88. The highest BCUT2D eigenvalue weighted by molar-refractivity contribution is 14.0. The largest absolute Gasteiger partial charge is 0.492 e. The molecule has 2 aromatic rings. The lowest BCUT2D eigenvalue weighted by Gasteiger charge is -2.14. The van der Waals surface area contributed by atoms with Crippen molar-refractivity contribution in [2.75, 3.05) is 26.2 Å². The number of aliphatic hydroxyl groups excluding tert-OH is 1. The minimum absolute atomic E-state index is 0. The summed E-state index contributed by atoms with van der Waals surface area (Å²) in [5.74, 6) is 1.10. The lowest BCUT2D eigenvalue weighted by atomic mass is 10.1. The van der Waals surface area contributed by atoms with E-state index in [1.54, 1.807) is 12.1 Å². The molecule has 7 heteroatoms. The van der Waals surface area contributed by atoms with Crippen molar-refractivity contribution in [1.82, 2.24) is 10.6 Å². The van der Waals surface area contributed by atoms with E-state index in [0.29, 0.717) is 31.2 Å². The first-order valence-electron chi connectivity index (χ1n) is 8.73. The van der Waals surface area contributed by atoms with Crippen molar-refractivity contribution >= 4 is 29.9 Å². The van der Waals surface area contributed by atoms with Crippen LogP contribution < -0.4 is 15.4 Å². The molecular formula is C20H27FIN3O2. The van der Waals surface area contributed by atoms with Gasteiger partial charge >= 0.3 is 0 Å². The minimum atomic E-state index is -0.783. The number of aliphatic hydroxyl groups is 1.